The van der Waals surface area contributed by atoms with Crippen molar-refractivity contribution in [3.8, 4) is 0 Å². The van der Waals surface area contributed by atoms with Crippen molar-refractivity contribution in [1.82, 2.24) is 5.32 Å². The summed E-state index contributed by atoms with van der Waals surface area (Å²) < 4.78 is 5.49. The zero-order valence-electron chi connectivity index (χ0n) is 44.0. The van der Waals surface area contributed by atoms with Crippen molar-refractivity contribution in [3.63, 3.8) is 0 Å². The maximum Gasteiger partial charge on any atom is 0.305 e. The van der Waals surface area contributed by atoms with Crippen molar-refractivity contribution in [2.75, 3.05) is 13.2 Å². The van der Waals surface area contributed by atoms with Crippen LogP contribution in [0.4, 0.5) is 0 Å². The molecule has 0 aromatic carbocycles. The van der Waals surface area contributed by atoms with Gasteiger partial charge in [0.1, 0.15) is 0 Å². The van der Waals surface area contributed by atoms with Gasteiger partial charge in [0.15, 0.2) is 0 Å². The van der Waals surface area contributed by atoms with Crippen LogP contribution in [0, 0.1) is 0 Å². The molecule has 0 rings (SSSR count). The highest BCUT2D eigenvalue weighted by Crippen LogP contribution is 2.17. The summed E-state index contributed by atoms with van der Waals surface area (Å²) in [4.78, 5) is 24.6. The van der Waals surface area contributed by atoms with Crippen LogP contribution in [-0.4, -0.2) is 47.4 Å². The summed E-state index contributed by atoms with van der Waals surface area (Å²) in [5.41, 5.74) is 0. The Hall–Kier alpha value is -1.40. The van der Waals surface area contributed by atoms with Gasteiger partial charge in [-0.3, -0.25) is 9.59 Å². The van der Waals surface area contributed by atoms with Crippen LogP contribution in [0.5, 0.6) is 0 Å². The molecule has 3 N–H and O–H groups in total. The predicted octanol–water partition coefficient (Wildman–Crippen LogP) is 18.1. The minimum atomic E-state index is -0.670. The number of allylic oxidation sites excluding steroid dienone is 2. The average Bonchev–Trinajstić information content (AvgIpc) is 3.31. The molecule has 6 heteroatoms. The first-order chi connectivity index (χ1) is 32.0. The summed E-state index contributed by atoms with van der Waals surface area (Å²) in [5, 5.41) is 23.3. The van der Waals surface area contributed by atoms with Gasteiger partial charge in [0.05, 0.1) is 25.4 Å². The molecule has 65 heavy (non-hydrogen) atoms. The number of aliphatic hydroxyl groups excluding tert-OH is 2. The SMILES string of the molecule is CCCCCCCC/C=C\CCCCCCCCCCCC(=O)OCCCCCCCCCCCCCCCCC(=O)NC(CO)C(O)CCCCCCCCCCCCCCCCC. The topological polar surface area (TPSA) is 95.9 Å². The second-order valence-electron chi connectivity index (χ2n) is 20.3. The second-order valence-corrected chi connectivity index (χ2v) is 20.3. The third-order valence-electron chi connectivity index (χ3n) is 13.8. The molecule has 2 unspecified atom stereocenters. The summed E-state index contributed by atoms with van der Waals surface area (Å²) >= 11 is 0. The highest BCUT2D eigenvalue weighted by atomic mass is 16.5. The summed E-state index contributed by atoms with van der Waals surface area (Å²) in [6.45, 7) is 4.95. The number of hydrogen-bond donors (Lipinski definition) is 3. The van der Waals surface area contributed by atoms with Crippen LogP contribution in [-0.2, 0) is 14.3 Å². The minimum Gasteiger partial charge on any atom is -0.466 e. The average molecular weight is 919 g/mol. The highest BCUT2D eigenvalue weighted by molar-refractivity contribution is 5.76. The van der Waals surface area contributed by atoms with E-state index in [0.29, 0.717) is 25.9 Å². The first-order valence-corrected chi connectivity index (χ1v) is 29.4. The number of aliphatic hydroxyl groups is 2. The molecule has 0 aromatic rings. The summed E-state index contributed by atoms with van der Waals surface area (Å²) in [6.07, 6.45) is 64.8. The molecule has 0 bridgehead atoms. The molecule has 0 saturated heterocycles. The Kier molecular flexibility index (Phi) is 54.0. The second kappa shape index (κ2) is 55.2. The van der Waals surface area contributed by atoms with Crippen molar-refractivity contribution in [3.05, 3.63) is 12.2 Å². The lowest BCUT2D eigenvalue weighted by Crippen LogP contribution is -2.45. The highest BCUT2D eigenvalue weighted by Gasteiger charge is 2.20. The zero-order chi connectivity index (χ0) is 47.2. The molecule has 0 fully saturated rings. The van der Waals surface area contributed by atoms with Gasteiger partial charge in [-0.15, -0.1) is 0 Å². The number of carbonyl (C=O) groups excluding carboxylic acids is 2. The fraction of sp³-hybridized carbons (Fsp3) is 0.932. The van der Waals surface area contributed by atoms with E-state index in [1.807, 2.05) is 0 Å². The Labute approximate surface area is 406 Å². The lowest BCUT2D eigenvalue weighted by Gasteiger charge is -2.22. The van der Waals surface area contributed by atoms with Crippen LogP contribution < -0.4 is 5.32 Å². The Bertz CT molecular complexity index is 970. The van der Waals surface area contributed by atoms with Crippen LogP contribution in [0.15, 0.2) is 12.2 Å². The molecule has 0 aliphatic heterocycles. The van der Waals surface area contributed by atoms with E-state index < -0.39 is 12.1 Å². The van der Waals surface area contributed by atoms with Gasteiger partial charge in [0.2, 0.25) is 5.91 Å². The first kappa shape index (κ1) is 63.6. The largest absolute Gasteiger partial charge is 0.466 e. The number of hydrogen-bond acceptors (Lipinski definition) is 5. The number of amides is 1. The van der Waals surface area contributed by atoms with Crippen LogP contribution in [0.3, 0.4) is 0 Å². The van der Waals surface area contributed by atoms with Crippen LogP contribution >= 0.6 is 0 Å². The fourth-order valence-electron chi connectivity index (χ4n) is 9.28. The number of esters is 1. The van der Waals surface area contributed by atoms with Crippen molar-refractivity contribution in [1.29, 1.82) is 0 Å². The molecule has 0 aliphatic carbocycles. The van der Waals surface area contributed by atoms with E-state index in [1.165, 1.54) is 244 Å². The lowest BCUT2D eigenvalue weighted by atomic mass is 10.0. The van der Waals surface area contributed by atoms with Crippen molar-refractivity contribution < 1.29 is 24.5 Å². The minimum absolute atomic E-state index is 0.00180. The third kappa shape index (κ3) is 51.8. The van der Waals surface area contributed by atoms with Crippen molar-refractivity contribution in [2.24, 2.45) is 0 Å². The molecule has 0 saturated carbocycles. The maximum atomic E-state index is 12.5. The van der Waals surface area contributed by atoms with Crippen LogP contribution in [0.25, 0.3) is 0 Å². The molecule has 0 aliphatic rings. The summed E-state index contributed by atoms with van der Waals surface area (Å²) in [5.74, 6) is -0.0451. The maximum absolute atomic E-state index is 12.5. The van der Waals surface area contributed by atoms with E-state index >= 15 is 0 Å². The van der Waals surface area contributed by atoms with Gasteiger partial charge >= 0.3 is 5.97 Å². The number of carbonyl (C=O) groups is 2. The van der Waals surface area contributed by atoms with Gasteiger partial charge in [-0.05, 0) is 51.4 Å². The van der Waals surface area contributed by atoms with Gasteiger partial charge < -0.3 is 20.3 Å². The first-order valence-electron chi connectivity index (χ1n) is 29.4. The molecule has 0 spiro atoms. The Balaban J connectivity index is 3.41. The smallest absolute Gasteiger partial charge is 0.305 e. The molecule has 2 atom stereocenters. The monoisotopic (exact) mass is 918 g/mol. The quantitative estimate of drug-likeness (QED) is 0.0321. The molecule has 0 heterocycles. The number of nitrogens with one attached hydrogen (secondary N) is 1. The molecule has 6 nitrogen and oxygen atoms in total. The third-order valence-corrected chi connectivity index (χ3v) is 13.8. The number of unbranched alkanes of at least 4 members (excludes halogenated alkanes) is 42. The molecule has 1 amide bonds. The van der Waals surface area contributed by atoms with E-state index in [2.05, 4.69) is 31.3 Å². The molecule has 0 aromatic heterocycles. The molecular formula is C59H115NO5. The van der Waals surface area contributed by atoms with E-state index in [0.717, 1.165) is 51.4 Å². The van der Waals surface area contributed by atoms with Crippen LogP contribution in [0.2, 0.25) is 0 Å². The van der Waals surface area contributed by atoms with E-state index in [4.69, 9.17) is 4.74 Å². The zero-order valence-corrected chi connectivity index (χ0v) is 44.0. The van der Waals surface area contributed by atoms with E-state index in [1.54, 1.807) is 0 Å². The fourth-order valence-corrected chi connectivity index (χ4v) is 9.28. The van der Waals surface area contributed by atoms with Gasteiger partial charge in [0.25, 0.3) is 0 Å². The Morgan fingerprint density at radius 2 is 0.723 bits per heavy atom. The van der Waals surface area contributed by atoms with Crippen molar-refractivity contribution >= 4 is 11.9 Å². The standard InChI is InChI=1S/C59H115NO5/c1-3-5-7-9-11-13-15-17-19-20-21-22-24-29-33-37-41-45-49-53-59(64)65-54-50-46-42-38-34-30-26-25-28-32-36-40-44-48-52-58(63)60-56(55-61)57(62)51-47-43-39-35-31-27-23-18-16-14-12-10-8-6-4-2/h17,19,56-57,61-62H,3-16,18,20-55H2,1-2H3,(H,60,63)/b19-17-. The van der Waals surface area contributed by atoms with Gasteiger partial charge in [-0.2, -0.15) is 0 Å². The Morgan fingerprint density at radius 3 is 1.09 bits per heavy atom. The van der Waals surface area contributed by atoms with Crippen molar-refractivity contribution in [2.45, 2.75) is 341 Å². The summed E-state index contributed by atoms with van der Waals surface area (Å²) in [7, 11) is 0. The molecular weight excluding hydrogens is 803 g/mol. The Morgan fingerprint density at radius 1 is 0.415 bits per heavy atom. The molecule has 0 radical (unpaired) electrons. The lowest BCUT2D eigenvalue weighted by molar-refractivity contribution is -0.143. The number of rotatable bonds is 55. The van der Waals surface area contributed by atoms with E-state index in [-0.39, 0.29) is 18.5 Å². The summed E-state index contributed by atoms with van der Waals surface area (Å²) in [6, 6.07) is -0.549. The van der Waals surface area contributed by atoms with Crippen LogP contribution in [0.1, 0.15) is 328 Å². The van der Waals surface area contributed by atoms with Gasteiger partial charge in [-0.25, -0.2) is 0 Å². The van der Waals surface area contributed by atoms with E-state index in [9.17, 15) is 19.8 Å². The normalized spacial score (nSPS) is 12.6. The number of ether oxygens (including phenoxy) is 1. The predicted molar refractivity (Wildman–Crippen MR) is 283 cm³/mol. The van der Waals surface area contributed by atoms with Gasteiger partial charge in [-0.1, -0.05) is 276 Å². The molecule has 386 valence electrons. The van der Waals surface area contributed by atoms with Gasteiger partial charge in [0, 0.05) is 12.8 Å².